The van der Waals surface area contributed by atoms with Gasteiger partial charge in [0.25, 0.3) is 0 Å². The van der Waals surface area contributed by atoms with E-state index in [-0.39, 0.29) is 0 Å². The molecule has 1 fully saturated rings. The van der Waals surface area contributed by atoms with Gasteiger partial charge in [0.2, 0.25) is 5.88 Å². The number of ether oxygens (including phenoxy) is 3. The molecular formula is C22H26N3O3S+. The lowest BCUT2D eigenvalue weighted by Crippen LogP contribution is -3.12. The molecule has 0 unspecified atom stereocenters. The van der Waals surface area contributed by atoms with Crippen LogP contribution in [0, 0.1) is 0 Å². The van der Waals surface area contributed by atoms with Gasteiger partial charge in [-0.1, -0.05) is 6.07 Å². The van der Waals surface area contributed by atoms with Crippen LogP contribution in [0.2, 0.25) is 0 Å². The molecule has 0 amide bonds. The monoisotopic (exact) mass is 412 g/mol. The van der Waals surface area contributed by atoms with E-state index >= 15 is 0 Å². The number of hydrogen-bond donors (Lipinski definition) is 1. The number of nitrogens with one attached hydrogen (secondary N) is 1. The van der Waals surface area contributed by atoms with Crippen molar-refractivity contribution in [2.45, 2.75) is 32.2 Å². The molecule has 1 aliphatic heterocycles. The number of aromatic nitrogens is 2. The lowest BCUT2D eigenvalue weighted by atomic mass is 9.97. The van der Waals surface area contributed by atoms with Gasteiger partial charge in [0, 0.05) is 10.9 Å². The number of quaternary nitrogens is 1. The second-order valence-corrected chi connectivity index (χ2v) is 8.74. The Hall–Kier alpha value is -2.22. The Balaban J connectivity index is 1.55. The summed E-state index contributed by atoms with van der Waals surface area (Å²) in [7, 11) is 1.67. The third-order valence-corrected chi connectivity index (χ3v) is 6.88. The maximum Gasteiger partial charge on any atom is 0.231 e. The Morgan fingerprint density at radius 2 is 1.93 bits per heavy atom. The molecule has 0 radical (unpaired) electrons. The van der Waals surface area contributed by atoms with Crippen LogP contribution in [0.3, 0.4) is 0 Å². The van der Waals surface area contributed by atoms with Crippen molar-refractivity contribution in [3.05, 3.63) is 40.5 Å². The molecule has 3 heterocycles. The van der Waals surface area contributed by atoms with E-state index in [4.69, 9.17) is 24.2 Å². The van der Waals surface area contributed by atoms with Gasteiger partial charge >= 0.3 is 0 Å². The maximum atomic E-state index is 6.33. The minimum absolute atomic E-state index is 0.685. The van der Waals surface area contributed by atoms with Crippen LogP contribution in [-0.2, 0) is 24.1 Å². The molecule has 29 heavy (non-hydrogen) atoms. The molecule has 5 rings (SSSR count). The number of rotatable bonds is 5. The number of thiophene rings is 1. The summed E-state index contributed by atoms with van der Waals surface area (Å²) in [6, 6.07) is 7.71. The first-order valence-corrected chi connectivity index (χ1v) is 11.2. The topological polar surface area (TPSA) is 57.9 Å². The van der Waals surface area contributed by atoms with E-state index in [1.165, 1.54) is 28.2 Å². The molecule has 1 aromatic carbocycles. The Morgan fingerprint density at radius 1 is 1.10 bits per heavy atom. The van der Waals surface area contributed by atoms with Crippen LogP contribution in [-0.4, -0.2) is 43.4 Å². The van der Waals surface area contributed by atoms with E-state index in [9.17, 15) is 0 Å². The molecule has 1 saturated heterocycles. The van der Waals surface area contributed by atoms with Gasteiger partial charge in [-0.05, 0) is 43.4 Å². The lowest BCUT2D eigenvalue weighted by Gasteiger charge is -2.23. The van der Waals surface area contributed by atoms with Crippen molar-refractivity contribution < 1.29 is 19.1 Å². The minimum atomic E-state index is 0.685. The van der Waals surface area contributed by atoms with Gasteiger partial charge in [-0.2, -0.15) is 4.98 Å². The van der Waals surface area contributed by atoms with Crippen LogP contribution in [0.4, 0.5) is 0 Å². The number of hydrogen-bond acceptors (Lipinski definition) is 6. The zero-order valence-corrected chi connectivity index (χ0v) is 17.5. The molecular weight excluding hydrogens is 386 g/mol. The van der Waals surface area contributed by atoms with Crippen LogP contribution in [0.5, 0.6) is 17.4 Å². The van der Waals surface area contributed by atoms with Crippen molar-refractivity contribution in [2.75, 3.05) is 33.4 Å². The molecule has 1 N–H and O–H groups in total. The van der Waals surface area contributed by atoms with Crippen molar-refractivity contribution in [1.29, 1.82) is 0 Å². The summed E-state index contributed by atoms with van der Waals surface area (Å²) >= 11 is 1.82. The van der Waals surface area contributed by atoms with Crippen molar-refractivity contribution in [2.24, 2.45) is 0 Å². The normalized spacial score (nSPS) is 17.3. The summed E-state index contributed by atoms with van der Waals surface area (Å²) in [5, 5.41) is 1.10. The second-order valence-electron chi connectivity index (χ2n) is 7.66. The van der Waals surface area contributed by atoms with Gasteiger partial charge < -0.3 is 19.1 Å². The van der Waals surface area contributed by atoms with Gasteiger partial charge in [0.15, 0.2) is 5.82 Å². The molecule has 0 atom stereocenters. The summed E-state index contributed by atoms with van der Waals surface area (Å²) in [5.41, 5.74) is 1.39. The number of aryl methyl sites for hydroxylation is 2. The molecule has 0 saturated carbocycles. The first-order chi connectivity index (χ1) is 14.3. The summed E-state index contributed by atoms with van der Waals surface area (Å²) in [4.78, 5) is 13.8. The molecule has 0 spiro atoms. The second kappa shape index (κ2) is 8.26. The van der Waals surface area contributed by atoms with Gasteiger partial charge in [-0.25, -0.2) is 4.98 Å². The molecule has 2 aliphatic rings. The molecule has 3 aromatic rings. The Bertz CT molecular complexity index is 1010. The van der Waals surface area contributed by atoms with Crippen LogP contribution >= 0.6 is 11.3 Å². The minimum Gasteiger partial charge on any atom is -0.497 e. The van der Waals surface area contributed by atoms with E-state index in [0.29, 0.717) is 5.88 Å². The van der Waals surface area contributed by atoms with E-state index in [0.717, 1.165) is 73.2 Å². The standard InChI is InChI=1S/C22H25N3O3S/c1-26-15-5-4-6-16(13-15)28-21-20-17-7-2-3-8-18(17)29-22(20)24-19(23-21)14-25-9-11-27-12-10-25/h4-6,13H,2-3,7-12,14H2,1H3/p+1. The fourth-order valence-corrected chi connectivity index (χ4v) is 5.43. The van der Waals surface area contributed by atoms with E-state index in [2.05, 4.69) is 0 Å². The van der Waals surface area contributed by atoms with Crippen molar-refractivity contribution in [3.8, 4) is 17.4 Å². The van der Waals surface area contributed by atoms with E-state index < -0.39 is 0 Å². The molecule has 1 aliphatic carbocycles. The molecule has 6 nitrogen and oxygen atoms in total. The Labute approximate surface area is 174 Å². The highest BCUT2D eigenvalue weighted by atomic mass is 32.1. The van der Waals surface area contributed by atoms with Crippen LogP contribution in [0.15, 0.2) is 24.3 Å². The number of morpholine rings is 1. The largest absolute Gasteiger partial charge is 0.497 e. The highest BCUT2D eigenvalue weighted by Crippen LogP contribution is 2.40. The summed E-state index contributed by atoms with van der Waals surface area (Å²) < 4.78 is 17.2. The van der Waals surface area contributed by atoms with Gasteiger partial charge in [0.1, 0.15) is 36.0 Å². The molecule has 7 heteroatoms. The number of nitrogens with zero attached hydrogens (tertiary/aromatic N) is 2. The first kappa shape index (κ1) is 18.8. The van der Waals surface area contributed by atoms with Crippen LogP contribution in [0.25, 0.3) is 10.2 Å². The average Bonchev–Trinajstić information content (AvgIpc) is 3.13. The summed E-state index contributed by atoms with van der Waals surface area (Å²) in [5.74, 6) is 3.05. The number of fused-ring (bicyclic) bond motifs is 3. The molecule has 0 bridgehead atoms. The van der Waals surface area contributed by atoms with E-state index in [1.54, 1.807) is 7.11 Å². The lowest BCUT2D eigenvalue weighted by molar-refractivity contribution is -0.922. The van der Waals surface area contributed by atoms with Crippen molar-refractivity contribution >= 4 is 21.6 Å². The Morgan fingerprint density at radius 3 is 2.79 bits per heavy atom. The van der Waals surface area contributed by atoms with Gasteiger partial charge in [-0.3, -0.25) is 0 Å². The van der Waals surface area contributed by atoms with Crippen LogP contribution < -0.4 is 14.4 Å². The van der Waals surface area contributed by atoms with Gasteiger partial charge in [-0.15, -0.1) is 11.3 Å². The van der Waals surface area contributed by atoms with E-state index in [1.807, 2.05) is 35.6 Å². The quantitative estimate of drug-likeness (QED) is 0.698. The predicted molar refractivity (Wildman–Crippen MR) is 112 cm³/mol. The van der Waals surface area contributed by atoms with Gasteiger partial charge in [0.05, 0.1) is 25.7 Å². The Kier molecular flexibility index (Phi) is 5.35. The fraction of sp³-hybridized carbons (Fsp3) is 0.455. The third kappa shape index (κ3) is 3.95. The highest BCUT2D eigenvalue weighted by molar-refractivity contribution is 7.18. The third-order valence-electron chi connectivity index (χ3n) is 5.69. The summed E-state index contributed by atoms with van der Waals surface area (Å²) in [6.07, 6.45) is 4.70. The zero-order chi connectivity index (χ0) is 19.6. The smallest absolute Gasteiger partial charge is 0.231 e. The summed E-state index contributed by atoms with van der Waals surface area (Å²) in [6.45, 7) is 4.40. The first-order valence-electron chi connectivity index (χ1n) is 10.3. The maximum absolute atomic E-state index is 6.33. The van der Waals surface area contributed by atoms with Crippen LogP contribution in [0.1, 0.15) is 29.1 Å². The number of methoxy groups -OCH3 is 1. The zero-order valence-electron chi connectivity index (χ0n) is 16.7. The molecule has 152 valence electrons. The number of benzene rings is 1. The SMILES string of the molecule is COc1cccc(Oc2nc(C[NH+]3CCOCC3)nc3sc4c(c23)CCCC4)c1. The fourth-order valence-electron chi connectivity index (χ4n) is 4.16. The van der Waals surface area contributed by atoms with Crippen molar-refractivity contribution in [1.82, 2.24) is 9.97 Å². The average molecular weight is 413 g/mol. The predicted octanol–water partition coefficient (Wildman–Crippen LogP) is 2.79. The molecule has 2 aromatic heterocycles. The highest BCUT2D eigenvalue weighted by Gasteiger charge is 2.24. The van der Waals surface area contributed by atoms with Crippen molar-refractivity contribution in [3.63, 3.8) is 0 Å².